The molecule has 12 heteroatoms. The van der Waals surface area contributed by atoms with Gasteiger partial charge in [0.2, 0.25) is 0 Å². The van der Waals surface area contributed by atoms with Crippen LogP contribution in [0.2, 0.25) is 30.8 Å². The number of halogens is 1. The van der Waals surface area contributed by atoms with Gasteiger partial charge >= 0.3 is 5.69 Å². The van der Waals surface area contributed by atoms with Gasteiger partial charge in [0.25, 0.3) is 0 Å². The van der Waals surface area contributed by atoms with Crippen molar-refractivity contribution in [2.75, 3.05) is 11.9 Å². The summed E-state index contributed by atoms with van der Waals surface area (Å²) < 4.78 is 9.64. The van der Waals surface area contributed by atoms with E-state index in [-0.39, 0.29) is 18.5 Å². The molecule has 0 atom stereocenters. The third-order valence-corrected chi connectivity index (χ3v) is 9.50. The van der Waals surface area contributed by atoms with Gasteiger partial charge in [-0.05, 0) is 42.5 Å². The number of hydrogen-bond donors (Lipinski definition) is 1. The van der Waals surface area contributed by atoms with E-state index in [0.29, 0.717) is 46.4 Å². The lowest BCUT2D eigenvalue weighted by Crippen LogP contribution is -2.35. The molecule has 1 saturated carbocycles. The molecular formula is C27H32ClN7O3Si. The second-order valence-corrected chi connectivity index (χ2v) is 17.5. The zero-order valence-corrected chi connectivity index (χ0v) is 24.3. The maximum Gasteiger partial charge on any atom is 0.311 e. The predicted octanol–water partition coefficient (Wildman–Crippen LogP) is 6.57. The number of ether oxygens (including phenoxy) is 1. The summed E-state index contributed by atoms with van der Waals surface area (Å²) in [6, 6.07) is 9.17. The van der Waals surface area contributed by atoms with E-state index in [0.717, 1.165) is 35.4 Å². The predicted molar refractivity (Wildman–Crippen MR) is 156 cm³/mol. The Kier molecular flexibility index (Phi) is 7.37. The zero-order valence-electron chi connectivity index (χ0n) is 22.6. The van der Waals surface area contributed by atoms with Gasteiger partial charge in [0, 0.05) is 45.1 Å². The molecule has 1 aromatic carbocycles. The molecule has 0 amide bonds. The van der Waals surface area contributed by atoms with Crippen LogP contribution in [0.25, 0.3) is 33.1 Å². The van der Waals surface area contributed by atoms with Gasteiger partial charge < -0.3 is 10.1 Å². The molecule has 0 bridgehead atoms. The summed E-state index contributed by atoms with van der Waals surface area (Å²) in [4.78, 5) is 16.3. The standard InChI is InChI=1S/C27H32ClN7O3Si/c1-33-21-6-5-18(13-19(21)14-31-33)23-24-25(32-20-11-17(12-20)7-8-29)22(35(36)37)15-30-27(24)34(26(23)28)16-38-9-10-39(2,3)4/h5-6,13-15,17,20H,7,9-12,16H2,1-4H3,(H,30,32). The lowest BCUT2D eigenvalue weighted by atomic mass is 9.78. The molecule has 0 spiro atoms. The topological polar surface area (TPSA) is 124 Å². The van der Waals surface area contributed by atoms with Crippen LogP contribution in [0.15, 0.2) is 30.6 Å². The lowest BCUT2D eigenvalue weighted by molar-refractivity contribution is -0.384. The second-order valence-electron chi connectivity index (χ2n) is 11.5. The summed E-state index contributed by atoms with van der Waals surface area (Å²) in [6.45, 7) is 7.67. The largest absolute Gasteiger partial charge is 0.376 e. The molecule has 3 heterocycles. The molecule has 204 valence electrons. The van der Waals surface area contributed by atoms with E-state index in [2.05, 4.69) is 41.1 Å². The molecular weight excluding hydrogens is 534 g/mol. The highest BCUT2D eigenvalue weighted by Crippen LogP contribution is 2.46. The average molecular weight is 566 g/mol. The van der Waals surface area contributed by atoms with Crippen LogP contribution >= 0.6 is 11.6 Å². The van der Waals surface area contributed by atoms with Crippen LogP contribution < -0.4 is 5.32 Å². The second kappa shape index (κ2) is 10.6. The Hall–Kier alpha value is -3.46. The number of aromatic nitrogens is 4. The van der Waals surface area contributed by atoms with Crippen molar-refractivity contribution in [1.29, 1.82) is 5.26 Å². The number of nitrogens with zero attached hydrogens (tertiary/aromatic N) is 6. The zero-order chi connectivity index (χ0) is 27.9. The minimum absolute atomic E-state index is 0.0245. The minimum atomic E-state index is -1.29. The van der Waals surface area contributed by atoms with E-state index in [1.807, 2.05) is 25.2 Å². The van der Waals surface area contributed by atoms with Gasteiger partial charge in [-0.15, -0.1) is 0 Å². The van der Waals surface area contributed by atoms with Gasteiger partial charge in [0.1, 0.15) is 29.4 Å². The highest BCUT2D eigenvalue weighted by Gasteiger charge is 2.33. The van der Waals surface area contributed by atoms with E-state index in [1.54, 1.807) is 15.4 Å². The van der Waals surface area contributed by atoms with Crippen molar-refractivity contribution >= 4 is 53.0 Å². The molecule has 1 aliphatic rings. The van der Waals surface area contributed by atoms with E-state index in [9.17, 15) is 10.1 Å². The number of aryl methyl sites for hydroxylation is 1. The molecule has 0 radical (unpaired) electrons. The first-order valence-corrected chi connectivity index (χ1v) is 17.1. The Bertz CT molecular complexity index is 1600. The molecule has 0 saturated heterocycles. The summed E-state index contributed by atoms with van der Waals surface area (Å²) in [5.74, 6) is 0.296. The van der Waals surface area contributed by atoms with Gasteiger partial charge in [0.15, 0.2) is 0 Å². The monoisotopic (exact) mass is 565 g/mol. The van der Waals surface area contributed by atoms with Gasteiger partial charge in [-0.3, -0.25) is 19.4 Å². The first-order valence-electron chi connectivity index (χ1n) is 13.1. The minimum Gasteiger partial charge on any atom is -0.376 e. The number of nitrogens with one attached hydrogen (secondary N) is 1. The maximum absolute atomic E-state index is 12.2. The van der Waals surface area contributed by atoms with Gasteiger partial charge in [-0.2, -0.15) is 10.4 Å². The van der Waals surface area contributed by atoms with Crippen molar-refractivity contribution in [2.24, 2.45) is 13.0 Å². The van der Waals surface area contributed by atoms with Gasteiger partial charge in [-0.1, -0.05) is 37.3 Å². The lowest BCUT2D eigenvalue weighted by Gasteiger charge is -2.35. The average Bonchev–Trinajstić information content (AvgIpc) is 3.36. The molecule has 0 aliphatic heterocycles. The first kappa shape index (κ1) is 27.1. The Morgan fingerprint density at radius 1 is 1.31 bits per heavy atom. The molecule has 0 unspecified atom stereocenters. The number of hydrogen-bond acceptors (Lipinski definition) is 7. The van der Waals surface area contributed by atoms with Crippen molar-refractivity contribution in [3.63, 3.8) is 0 Å². The smallest absolute Gasteiger partial charge is 0.311 e. The molecule has 3 aromatic heterocycles. The van der Waals surface area contributed by atoms with Crippen molar-refractivity contribution in [3.8, 4) is 17.2 Å². The van der Waals surface area contributed by atoms with Crippen molar-refractivity contribution < 1.29 is 9.66 Å². The molecule has 1 fully saturated rings. The normalized spacial score (nSPS) is 17.3. The fourth-order valence-electron chi connectivity index (χ4n) is 5.14. The van der Waals surface area contributed by atoms with Crippen LogP contribution in [-0.4, -0.2) is 45.0 Å². The summed E-state index contributed by atoms with van der Waals surface area (Å²) in [5.41, 5.74) is 3.26. The molecule has 5 rings (SSSR count). The van der Waals surface area contributed by atoms with Crippen molar-refractivity contribution in [2.45, 2.75) is 57.7 Å². The van der Waals surface area contributed by atoms with Gasteiger partial charge in [0.05, 0.1) is 28.1 Å². The highest BCUT2D eigenvalue weighted by atomic mass is 35.5. The third-order valence-electron chi connectivity index (χ3n) is 7.40. The molecule has 39 heavy (non-hydrogen) atoms. The van der Waals surface area contributed by atoms with Crippen LogP contribution in [0.4, 0.5) is 11.4 Å². The van der Waals surface area contributed by atoms with E-state index >= 15 is 0 Å². The summed E-state index contributed by atoms with van der Waals surface area (Å²) >= 11 is 7.06. The molecule has 10 nitrogen and oxygen atoms in total. The SMILES string of the molecule is Cn1ncc2cc(-c3c(Cl)n(COCC[Si](C)(C)C)c4ncc([N+](=O)[O-])c(NC5CC(CC#N)C5)c34)ccc21. The summed E-state index contributed by atoms with van der Waals surface area (Å²) in [7, 11) is 0.594. The van der Waals surface area contributed by atoms with Crippen molar-refractivity contribution in [3.05, 3.63) is 45.9 Å². The fraction of sp³-hybridized carbons (Fsp3) is 0.444. The van der Waals surface area contributed by atoms with Crippen molar-refractivity contribution in [1.82, 2.24) is 19.3 Å². The molecule has 1 N–H and O–H groups in total. The van der Waals surface area contributed by atoms with Crippen LogP contribution in [0.1, 0.15) is 19.3 Å². The summed E-state index contributed by atoms with van der Waals surface area (Å²) in [6.07, 6.45) is 5.12. The molecule has 4 aromatic rings. The first-order chi connectivity index (χ1) is 18.6. The molecule has 1 aliphatic carbocycles. The number of fused-ring (bicyclic) bond motifs is 2. The Morgan fingerprint density at radius 3 is 2.77 bits per heavy atom. The van der Waals surface area contributed by atoms with Crippen LogP contribution in [0.3, 0.4) is 0 Å². The summed E-state index contributed by atoms with van der Waals surface area (Å²) in [5, 5.41) is 30.9. The van der Waals surface area contributed by atoms with Crippen LogP contribution in [-0.2, 0) is 18.5 Å². The fourth-order valence-corrected chi connectivity index (χ4v) is 6.23. The number of anilines is 1. The maximum atomic E-state index is 12.2. The number of nitriles is 1. The van der Waals surface area contributed by atoms with Gasteiger partial charge in [-0.25, -0.2) is 4.98 Å². The van der Waals surface area contributed by atoms with Crippen LogP contribution in [0, 0.1) is 27.4 Å². The van der Waals surface area contributed by atoms with E-state index in [4.69, 9.17) is 21.6 Å². The number of pyridine rings is 1. The quantitative estimate of drug-likeness (QED) is 0.0997. The number of rotatable bonds is 10. The Labute approximate surface area is 232 Å². The highest BCUT2D eigenvalue weighted by molar-refractivity contribution is 6.76. The Morgan fingerprint density at radius 2 is 2.08 bits per heavy atom. The van der Waals surface area contributed by atoms with E-state index < -0.39 is 13.0 Å². The Balaban J connectivity index is 1.64. The number of benzene rings is 1. The third kappa shape index (κ3) is 5.37. The number of nitro groups is 1. The van der Waals surface area contributed by atoms with Crippen LogP contribution in [0.5, 0.6) is 0 Å². The van der Waals surface area contributed by atoms with E-state index in [1.165, 1.54) is 6.20 Å².